The van der Waals surface area contributed by atoms with Crippen molar-refractivity contribution in [2.75, 3.05) is 19.8 Å². The van der Waals surface area contributed by atoms with Gasteiger partial charge in [0.05, 0.1) is 21.3 Å². The Morgan fingerprint density at radius 3 is 2.17 bits per heavy atom. The first-order valence-corrected chi connectivity index (χ1v) is 14.6. The number of aromatic amines is 1. The van der Waals surface area contributed by atoms with Crippen LogP contribution >= 0.6 is 0 Å². The number of H-pyrrole nitrogens is 1. The highest BCUT2D eigenvalue weighted by atomic mass is 32.2. The molecule has 4 aromatic rings. The molecule has 1 aliphatic rings. The second-order valence-electron chi connectivity index (χ2n) is 8.47. The average molecular weight is 528 g/mol. The molecule has 0 unspecified atom stereocenters. The van der Waals surface area contributed by atoms with Gasteiger partial charge in [-0.1, -0.05) is 48.0 Å². The monoisotopic (exact) mass is 527 g/mol. The summed E-state index contributed by atoms with van der Waals surface area (Å²) in [5.41, 5.74) is 2.30. The summed E-state index contributed by atoms with van der Waals surface area (Å²) >= 11 is 0. The molecule has 5 rings (SSSR count). The Morgan fingerprint density at radius 1 is 0.833 bits per heavy atom. The number of hydrogen-bond donors (Lipinski definition) is 1. The van der Waals surface area contributed by atoms with Crippen molar-refractivity contribution in [3.63, 3.8) is 0 Å². The van der Waals surface area contributed by atoms with Crippen LogP contribution in [0.4, 0.5) is 0 Å². The van der Waals surface area contributed by atoms with Gasteiger partial charge in [0.25, 0.3) is 10.1 Å². The zero-order valence-corrected chi connectivity index (χ0v) is 21.6. The minimum atomic E-state index is -3.89. The van der Waals surface area contributed by atoms with Crippen LogP contribution in [-0.2, 0) is 35.3 Å². The molecule has 0 spiro atoms. The SMILES string of the molecule is C1CCOC1.Cc1ccc(S(=O)(=O)OCCc2cccc3[nH]cc(S(=O)(=O)c4ccccc4)c23)cc1. The molecule has 0 bridgehead atoms. The van der Waals surface area contributed by atoms with Gasteiger partial charge in [0.2, 0.25) is 9.84 Å². The molecule has 1 aliphatic heterocycles. The van der Waals surface area contributed by atoms with E-state index in [1.54, 1.807) is 60.7 Å². The van der Waals surface area contributed by atoms with Crippen molar-refractivity contribution in [1.82, 2.24) is 4.98 Å². The van der Waals surface area contributed by atoms with Gasteiger partial charge in [-0.15, -0.1) is 0 Å². The van der Waals surface area contributed by atoms with Gasteiger partial charge in [0, 0.05) is 30.3 Å². The second-order valence-corrected chi connectivity index (χ2v) is 12.0. The molecule has 1 N–H and O–H groups in total. The molecule has 0 aliphatic carbocycles. The minimum absolute atomic E-state index is 0.0882. The van der Waals surface area contributed by atoms with Crippen LogP contribution in [0.15, 0.2) is 93.7 Å². The summed E-state index contributed by atoms with van der Waals surface area (Å²) in [6, 6.07) is 20.0. The quantitative estimate of drug-likeness (QED) is 0.337. The van der Waals surface area contributed by atoms with Gasteiger partial charge in [0.1, 0.15) is 0 Å². The Balaban J connectivity index is 0.000000543. The number of hydrogen-bond acceptors (Lipinski definition) is 6. The van der Waals surface area contributed by atoms with Crippen molar-refractivity contribution in [3.05, 3.63) is 90.1 Å². The third kappa shape index (κ3) is 6.04. The molecular weight excluding hydrogens is 498 g/mol. The van der Waals surface area contributed by atoms with E-state index < -0.39 is 20.0 Å². The Kier molecular flexibility index (Phi) is 8.25. The smallest absolute Gasteiger partial charge is 0.296 e. The van der Waals surface area contributed by atoms with Gasteiger partial charge >= 0.3 is 0 Å². The first-order valence-electron chi connectivity index (χ1n) is 11.7. The maximum atomic E-state index is 13.2. The fourth-order valence-corrected chi connectivity index (χ4v) is 6.32. The van der Waals surface area contributed by atoms with Crippen LogP contribution in [0, 0.1) is 6.92 Å². The maximum absolute atomic E-state index is 13.2. The predicted octanol–water partition coefficient (Wildman–Crippen LogP) is 5.05. The molecule has 2 heterocycles. The highest BCUT2D eigenvalue weighted by Crippen LogP contribution is 2.31. The van der Waals surface area contributed by atoms with Gasteiger partial charge in [-0.25, -0.2) is 8.42 Å². The van der Waals surface area contributed by atoms with E-state index in [9.17, 15) is 16.8 Å². The lowest BCUT2D eigenvalue weighted by Crippen LogP contribution is -2.09. The van der Waals surface area contributed by atoms with Crippen LogP contribution in [0.5, 0.6) is 0 Å². The standard InChI is InChI=1S/C23H21NO5S2.C4H8O/c1-17-10-12-20(13-11-17)31(27,28)29-15-14-18-6-5-9-21-23(18)22(16-24-21)30(25,26)19-7-3-2-4-8-19;1-2-4-5-3-1/h2-13,16,24H,14-15H2,1H3;1-4H2. The molecule has 36 heavy (non-hydrogen) atoms. The Hall–Kier alpha value is -2.98. The zero-order chi connectivity index (χ0) is 25.6. The molecular formula is C27H29NO6S2. The van der Waals surface area contributed by atoms with Crippen molar-refractivity contribution in [1.29, 1.82) is 0 Å². The fraction of sp³-hybridized carbons (Fsp3) is 0.259. The summed E-state index contributed by atoms with van der Waals surface area (Å²) in [5.74, 6) is 0. The predicted molar refractivity (Wildman–Crippen MR) is 138 cm³/mol. The highest BCUT2D eigenvalue weighted by Gasteiger charge is 2.23. The number of rotatable bonds is 7. The molecule has 9 heteroatoms. The molecule has 190 valence electrons. The van der Waals surface area contributed by atoms with E-state index in [0.717, 1.165) is 18.8 Å². The fourth-order valence-electron chi connectivity index (χ4n) is 3.92. The number of benzene rings is 3. The van der Waals surface area contributed by atoms with Crippen LogP contribution < -0.4 is 0 Å². The molecule has 1 saturated heterocycles. The normalized spacial score (nSPS) is 13.9. The van der Waals surface area contributed by atoms with Crippen LogP contribution in [0.3, 0.4) is 0 Å². The van der Waals surface area contributed by atoms with Crippen LogP contribution in [-0.4, -0.2) is 41.6 Å². The summed E-state index contributed by atoms with van der Waals surface area (Å²) in [4.78, 5) is 3.45. The average Bonchev–Trinajstić information content (AvgIpc) is 3.59. The maximum Gasteiger partial charge on any atom is 0.296 e. The van der Waals surface area contributed by atoms with E-state index in [-0.39, 0.29) is 27.7 Å². The third-order valence-corrected chi connectivity index (χ3v) is 8.97. The number of ether oxygens (including phenoxy) is 1. The first-order chi connectivity index (χ1) is 17.3. The summed E-state index contributed by atoms with van der Waals surface area (Å²) in [5, 5.41) is 0.544. The van der Waals surface area contributed by atoms with E-state index in [1.165, 1.54) is 31.2 Å². The molecule has 1 fully saturated rings. The Labute approximate surface area is 212 Å². The lowest BCUT2D eigenvalue weighted by molar-refractivity contribution is 0.198. The summed E-state index contributed by atoms with van der Waals surface area (Å²) in [6.45, 7) is 3.77. The van der Waals surface area contributed by atoms with E-state index in [0.29, 0.717) is 16.5 Å². The molecule has 0 atom stereocenters. The van der Waals surface area contributed by atoms with E-state index in [2.05, 4.69) is 4.98 Å². The molecule has 3 aromatic carbocycles. The number of fused-ring (bicyclic) bond motifs is 1. The van der Waals surface area contributed by atoms with Gasteiger partial charge < -0.3 is 9.72 Å². The largest absolute Gasteiger partial charge is 0.381 e. The van der Waals surface area contributed by atoms with E-state index in [1.807, 2.05) is 6.92 Å². The molecule has 0 amide bonds. The molecule has 1 aromatic heterocycles. The lowest BCUT2D eigenvalue weighted by atomic mass is 10.1. The number of sulfone groups is 1. The summed E-state index contributed by atoms with van der Waals surface area (Å²) < 4.78 is 61.3. The van der Waals surface area contributed by atoms with Crippen LogP contribution in [0.25, 0.3) is 10.9 Å². The number of aryl methyl sites for hydroxylation is 1. The van der Waals surface area contributed by atoms with Crippen molar-refractivity contribution < 1.29 is 25.8 Å². The van der Waals surface area contributed by atoms with Crippen molar-refractivity contribution in [2.24, 2.45) is 0 Å². The Morgan fingerprint density at radius 2 is 1.53 bits per heavy atom. The van der Waals surface area contributed by atoms with Gasteiger partial charge in [-0.05, 0) is 62.1 Å². The third-order valence-electron chi connectivity index (χ3n) is 5.85. The van der Waals surface area contributed by atoms with Crippen molar-refractivity contribution in [3.8, 4) is 0 Å². The highest BCUT2D eigenvalue weighted by molar-refractivity contribution is 7.91. The molecule has 0 saturated carbocycles. The van der Waals surface area contributed by atoms with E-state index >= 15 is 0 Å². The summed E-state index contributed by atoms with van der Waals surface area (Å²) in [6.07, 6.45) is 4.26. The molecule has 7 nitrogen and oxygen atoms in total. The molecule has 0 radical (unpaired) electrons. The van der Waals surface area contributed by atoms with Gasteiger partial charge in [0.15, 0.2) is 0 Å². The van der Waals surface area contributed by atoms with Crippen molar-refractivity contribution >= 4 is 30.9 Å². The van der Waals surface area contributed by atoms with Crippen molar-refractivity contribution in [2.45, 2.75) is 40.9 Å². The second kappa shape index (κ2) is 11.4. The summed E-state index contributed by atoms with van der Waals surface area (Å²) in [7, 11) is -7.63. The van der Waals surface area contributed by atoms with Crippen LogP contribution in [0.1, 0.15) is 24.0 Å². The Bertz CT molecular complexity index is 1500. The number of nitrogens with one attached hydrogen (secondary N) is 1. The van der Waals surface area contributed by atoms with Crippen LogP contribution in [0.2, 0.25) is 0 Å². The topological polar surface area (TPSA) is 103 Å². The van der Waals surface area contributed by atoms with Gasteiger partial charge in [-0.2, -0.15) is 8.42 Å². The number of aromatic nitrogens is 1. The van der Waals surface area contributed by atoms with Gasteiger partial charge in [-0.3, -0.25) is 4.18 Å². The first kappa shape index (κ1) is 26.1. The minimum Gasteiger partial charge on any atom is -0.381 e. The zero-order valence-electron chi connectivity index (χ0n) is 20.0. The van der Waals surface area contributed by atoms with E-state index in [4.69, 9.17) is 8.92 Å². The lowest BCUT2D eigenvalue weighted by Gasteiger charge is -2.09.